The fourth-order valence-electron chi connectivity index (χ4n) is 6.72. The number of nitrogens with one attached hydrogen (secondary N) is 1. The molecule has 10 heteroatoms. The van der Waals surface area contributed by atoms with Gasteiger partial charge in [0.2, 0.25) is 5.91 Å². The third-order valence-corrected chi connectivity index (χ3v) is 10.4. The molecule has 1 amide bonds. The Balaban J connectivity index is 0.00000348. The smallest absolute Gasteiger partial charge is 0.296 e. The first-order chi connectivity index (χ1) is 25.7. The van der Waals surface area contributed by atoms with Gasteiger partial charge in [-0.3, -0.25) is 24.5 Å². The van der Waals surface area contributed by atoms with E-state index in [0.29, 0.717) is 12.8 Å². The summed E-state index contributed by atoms with van der Waals surface area (Å²) in [6.07, 6.45) is 43.1. The van der Waals surface area contributed by atoms with Gasteiger partial charge in [0.25, 0.3) is 0 Å². The molecule has 1 rings (SSSR count). The van der Waals surface area contributed by atoms with Crippen LogP contribution in [0.2, 0.25) is 0 Å². The molecule has 0 saturated carbocycles. The van der Waals surface area contributed by atoms with E-state index in [1.807, 2.05) is 5.01 Å². The van der Waals surface area contributed by atoms with Crippen molar-refractivity contribution in [2.45, 2.75) is 214 Å². The van der Waals surface area contributed by atoms with Gasteiger partial charge in [-0.2, -0.15) is 13.4 Å². The fourth-order valence-corrected chi connectivity index (χ4v) is 7.02. The van der Waals surface area contributed by atoms with Gasteiger partial charge in [0.05, 0.1) is 6.61 Å². The van der Waals surface area contributed by atoms with E-state index < -0.39 is 10.4 Å². The average molecular weight is 770 g/mol. The van der Waals surface area contributed by atoms with Crippen molar-refractivity contribution in [1.82, 2.24) is 15.3 Å². The minimum atomic E-state index is -4.17. The second-order valence-corrected chi connectivity index (χ2v) is 15.8. The lowest BCUT2D eigenvalue weighted by atomic mass is 10.1. The monoisotopic (exact) mass is 770 g/mol. The summed E-state index contributed by atoms with van der Waals surface area (Å²) in [6, 6.07) is 0. The number of unbranched alkanes of at least 4 members (excludes halogenated alkanes) is 22. The lowest BCUT2D eigenvalue weighted by molar-refractivity contribution is -0.134. The lowest BCUT2D eigenvalue weighted by Crippen LogP contribution is -2.52. The van der Waals surface area contributed by atoms with Crippen LogP contribution in [0.5, 0.6) is 0 Å². The molecule has 0 radical (unpaired) electrons. The summed E-state index contributed by atoms with van der Waals surface area (Å²) in [4.78, 5) is 28.1. The second-order valence-electron chi connectivity index (χ2n) is 14.7. The molecule has 9 nitrogen and oxygen atoms in total. The lowest BCUT2D eigenvalue weighted by Gasteiger charge is -2.28. The van der Waals surface area contributed by atoms with Crippen LogP contribution in [0.1, 0.15) is 207 Å². The van der Waals surface area contributed by atoms with Crippen LogP contribution >= 0.6 is 0 Å². The quantitative estimate of drug-likeness (QED) is 0.0372. The zero-order chi connectivity index (χ0) is 39.3. The van der Waals surface area contributed by atoms with Crippen LogP contribution in [0.3, 0.4) is 0 Å². The molecule has 0 spiro atoms. The zero-order valence-electron chi connectivity index (χ0n) is 34.8. The molecular formula is C43H83N3O6S. The summed E-state index contributed by atoms with van der Waals surface area (Å²) in [5, 5.41) is 1.92. The van der Waals surface area contributed by atoms with Gasteiger partial charge in [0.1, 0.15) is 6.17 Å². The van der Waals surface area contributed by atoms with E-state index in [2.05, 4.69) is 59.6 Å². The average Bonchev–Trinajstić information content (AvgIpc) is 3.53. The van der Waals surface area contributed by atoms with Crippen LogP contribution in [-0.2, 0) is 24.2 Å². The third-order valence-electron chi connectivity index (χ3n) is 9.85. The van der Waals surface area contributed by atoms with Crippen LogP contribution in [-0.4, -0.2) is 67.0 Å². The van der Waals surface area contributed by atoms with Crippen LogP contribution in [0.4, 0.5) is 0 Å². The Morgan fingerprint density at radius 3 is 1.38 bits per heavy atom. The summed E-state index contributed by atoms with van der Waals surface area (Å²) in [5.41, 5.74) is 3.09. The van der Waals surface area contributed by atoms with Crippen molar-refractivity contribution in [3.05, 3.63) is 24.3 Å². The Bertz CT molecular complexity index is 1020. The van der Waals surface area contributed by atoms with Gasteiger partial charge in [-0.25, -0.2) is 4.18 Å². The molecule has 0 aromatic heterocycles. The van der Waals surface area contributed by atoms with Gasteiger partial charge in [0, 0.05) is 25.9 Å². The molecule has 0 aromatic rings. The van der Waals surface area contributed by atoms with Crippen molar-refractivity contribution in [1.29, 1.82) is 0 Å². The molecule has 1 unspecified atom stereocenters. The first-order valence-electron chi connectivity index (χ1n) is 21.9. The maximum absolute atomic E-state index is 13.2. The number of amides is 1. The molecule has 312 valence electrons. The second kappa shape index (κ2) is 37.3. The summed E-state index contributed by atoms with van der Waals surface area (Å²) < 4.78 is 30.7. The molecule has 1 saturated heterocycles. The molecule has 0 bridgehead atoms. The highest BCUT2D eigenvalue weighted by molar-refractivity contribution is 7.80. The van der Waals surface area contributed by atoms with Crippen LogP contribution in [0.15, 0.2) is 24.3 Å². The SMILES string of the molecule is CCCCCCCC/C=C\CCCCCCCC(=O)NN1CCN(CC)C1C(=O)CCCCCCC/C=C\CCCCCCCC.CCOS(=O)(=O)O. The number of ketones is 1. The maximum atomic E-state index is 13.2. The first kappa shape index (κ1) is 51.4. The normalized spacial score (nSPS) is 15.4. The minimum Gasteiger partial charge on any atom is -0.296 e. The van der Waals surface area contributed by atoms with E-state index in [1.165, 1.54) is 148 Å². The Morgan fingerprint density at radius 2 is 1.00 bits per heavy atom. The van der Waals surface area contributed by atoms with Crippen LogP contribution in [0, 0.1) is 0 Å². The number of nitrogens with zero attached hydrogens (tertiary/aromatic N) is 2. The summed E-state index contributed by atoms with van der Waals surface area (Å²) in [7, 11) is -4.17. The van der Waals surface area contributed by atoms with Crippen molar-refractivity contribution in [3.8, 4) is 0 Å². The summed E-state index contributed by atoms with van der Waals surface area (Å²) in [5.74, 6) is 0.327. The Morgan fingerprint density at radius 1 is 0.604 bits per heavy atom. The van der Waals surface area contributed by atoms with Crippen molar-refractivity contribution >= 4 is 22.1 Å². The number of carbonyl (C=O) groups is 2. The molecule has 0 aliphatic carbocycles. The predicted octanol–water partition coefficient (Wildman–Crippen LogP) is 11.5. The van der Waals surface area contributed by atoms with Crippen LogP contribution < -0.4 is 5.43 Å². The number of rotatable bonds is 35. The standard InChI is InChI=1S/C41H77N3O2.C2H6O4S/c1-4-7-9-11-13-15-17-19-21-23-25-27-29-31-33-35-39(45)41-43(6-3)37-38-44(41)42-40(46)36-34-32-30-28-26-24-22-20-18-16-14-12-10-8-5-2;1-2-6-7(3,4)5/h19-22,41H,4-18,23-38H2,1-3H3,(H,42,46);2H2,1H3,(H,3,4,5)/b21-19-,22-20-;. The summed E-state index contributed by atoms with van der Waals surface area (Å²) >= 11 is 0. The number of carbonyl (C=O) groups excluding carboxylic acids is 2. The number of likely N-dealkylation sites (N-methyl/N-ethyl adjacent to an activating group) is 1. The van der Waals surface area contributed by atoms with E-state index in [1.54, 1.807) is 0 Å². The Labute approximate surface area is 327 Å². The van der Waals surface area contributed by atoms with E-state index in [0.717, 1.165) is 45.3 Å². The largest absolute Gasteiger partial charge is 0.397 e. The molecule has 0 aromatic carbocycles. The molecule has 1 fully saturated rings. The first-order valence-corrected chi connectivity index (χ1v) is 23.3. The third kappa shape index (κ3) is 33.5. The Kier molecular flexibility index (Phi) is 36.2. The molecule has 2 N–H and O–H groups in total. The number of hydrogen-bond acceptors (Lipinski definition) is 7. The van der Waals surface area contributed by atoms with E-state index in [9.17, 15) is 18.0 Å². The molecule has 53 heavy (non-hydrogen) atoms. The van der Waals surface area contributed by atoms with Crippen molar-refractivity contribution in [2.24, 2.45) is 0 Å². The highest BCUT2D eigenvalue weighted by atomic mass is 32.3. The Hall–Kier alpha value is -1.59. The number of hydrazine groups is 1. The molecule has 1 aliphatic heterocycles. The van der Waals surface area contributed by atoms with Crippen molar-refractivity contribution in [3.63, 3.8) is 0 Å². The predicted molar refractivity (Wildman–Crippen MR) is 223 cm³/mol. The van der Waals surface area contributed by atoms with Gasteiger partial charge < -0.3 is 0 Å². The van der Waals surface area contributed by atoms with Crippen LogP contribution in [0.25, 0.3) is 0 Å². The highest BCUT2D eigenvalue weighted by Crippen LogP contribution is 2.18. The number of hydrogen-bond donors (Lipinski definition) is 2. The molecular weight excluding hydrogens is 687 g/mol. The highest BCUT2D eigenvalue weighted by Gasteiger charge is 2.36. The van der Waals surface area contributed by atoms with E-state index >= 15 is 0 Å². The number of Topliss-reactive ketones (excluding diaryl/α,β-unsaturated/α-hetero) is 1. The van der Waals surface area contributed by atoms with Gasteiger partial charge in [-0.1, -0.05) is 148 Å². The van der Waals surface area contributed by atoms with Gasteiger partial charge in [-0.05, 0) is 77.7 Å². The van der Waals surface area contributed by atoms with E-state index in [4.69, 9.17) is 4.55 Å². The van der Waals surface area contributed by atoms with E-state index in [-0.39, 0.29) is 24.5 Å². The molecule has 1 atom stereocenters. The fraction of sp³-hybridized carbons (Fsp3) is 0.860. The summed E-state index contributed by atoms with van der Waals surface area (Å²) in [6.45, 7) is 10.5. The minimum absolute atomic E-state index is 0.0289. The molecule has 1 heterocycles. The topological polar surface area (TPSA) is 116 Å². The maximum Gasteiger partial charge on any atom is 0.397 e. The van der Waals surface area contributed by atoms with Crippen molar-refractivity contribution in [2.75, 3.05) is 26.2 Å². The van der Waals surface area contributed by atoms with Crippen molar-refractivity contribution < 1.29 is 26.7 Å². The van der Waals surface area contributed by atoms with Gasteiger partial charge >= 0.3 is 10.4 Å². The molecule has 1 aliphatic rings. The van der Waals surface area contributed by atoms with Gasteiger partial charge in [0.15, 0.2) is 5.78 Å². The zero-order valence-corrected chi connectivity index (χ0v) is 35.6. The van der Waals surface area contributed by atoms with Gasteiger partial charge in [-0.15, -0.1) is 0 Å². The number of allylic oxidation sites excluding steroid dienone is 4.